The van der Waals surface area contributed by atoms with Crippen molar-refractivity contribution in [2.75, 3.05) is 6.54 Å². The summed E-state index contributed by atoms with van der Waals surface area (Å²) >= 11 is 0. The average molecular weight is 773 g/mol. The highest BCUT2D eigenvalue weighted by molar-refractivity contribution is 5.97. The van der Waals surface area contributed by atoms with E-state index >= 15 is 0 Å². The SMILES string of the molecule is CC(C)[C@@H]1NC(=O)[C@H]([C@H](C)c2ccccc2)NC(=O)[C@@H](C(C)C)NC(=O)[C@H](C)NC(=O)CCCNC(=O)[C@H](Cc2c[nH]c3ccccc23)NC(=O)[C@H](C)NC1=O. The van der Waals surface area contributed by atoms with Crippen LogP contribution in [0.25, 0.3) is 10.9 Å². The van der Waals surface area contributed by atoms with Crippen molar-refractivity contribution >= 4 is 52.3 Å². The zero-order chi connectivity index (χ0) is 41.1. The summed E-state index contributed by atoms with van der Waals surface area (Å²) in [7, 11) is 0. The van der Waals surface area contributed by atoms with Crippen molar-refractivity contribution in [2.45, 2.75) is 110 Å². The van der Waals surface area contributed by atoms with E-state index < -0.39 is 95.4 Å². The molecule has 2 heterocycles. The molecule has 0 spiro atoms. The Morgan fingerprint density at radius 3 is 1.79 bits per heavy atom. The third-order valence-electron chi connectivity index (χ3n) is 10.0. The number of H-pyrrole nitrogens is 1. The zero-order valence-corrected chi connectivity index (χ0v) is 33.2. The summed E-state index contributed by atoms with van der Waals surface area (Å²) in [5.74, 6) is -5.48. The first-order valence-corrected chi connectivity index (χ1v) is 19.3. The van der Waals surface area contributed by atoms with Crippen LogP contribution in [0.2, 0.25) is 0 Å². The molecule has 15 heteroatoms. The van der Waals surface area contributed by atoms with E-state index in [-0.39, 0.29) is 25.8 Å². The topological polar surface area (TPSA) is 219 Å². The lowest BCUT2D eigenvalue weighted by Crippen LogP contribution is -2.61. The Balaban J connectivity index is 1.65. The van der Waals surface area contributed by atoms with E-state index in [4.69, 9.17) is 0 Å². The number of carbonyl (C=O) groups is 7. The molecular formula is C41H56N8O7. The molecule has 1 aliphatic heterocycles. The fourth-order valence-corrected chi connectivity index (χ4v) is 6.56. The number of fused-ring (bicyclic) bond motifs is 1. The average Bonchev–Trinajstić information content (AvgIpc) is 3.57. The first-order valence-electron chi connectivity index (χ1n) is 19.3. The second-order valence-electron chi connectivity index (χ2n) is 15.2. The largest absolute Gasteiger partial charge is 0.361 e. The van der Waals surface area contributed by atoms with E-state index in [1.54, 1.807) is 40.8 Å². The molecule has 4 rings (SSSR count). The number of aromatic amines is 1. The van der Waals surface area contributed by atoms with Crippen molar-refractivity contribution in [1.29, 1.82) is 0 Å². The Bertz CT molecular complexity index is 1880. The van der Waals surface area contributed by atoms with Crippen LogP contribution in [0.1, 0.15) is 78.4 Å². The van der Waals surface area contributed by atoms with Crippen molar-refractivity contribution in [1.82, 2.24) is 42.2 Å². The van der Waals surface area contributed by atoms with Gasteiger partial charge in [-0.1, -0.05) is 83.1 Å². The fourth-order valence-electron chi connectivity index (χ4n) is 6.56. The predicted octanol–water partition coefficient (Wildman–Crippen LogP) is 1.68. The van der Waals surface area contributed by atoms with E-state index in [9.17, 15) is 33.6 Å². The first kappa shape index (κ1) is 43.0. The van der Waals surface area contributed by atoms with Crippen molar-refractivity contribution < 1.29 is 33.6 Å². The monoisotopic (exact) mass is 772 g/mol. The van der Waals surface area contributed by atoms with Gasteiger partial charge in [0.25, 0.3) is 0 Å². The van der Waals surface area contributed by atoms with Crippen molar-refractivity contribution in [3.05, 3.63) is 71.9 Å². The number of hydrogen-bond donors (Lipinski definition) is 8. The second-order valence-corrected chi connectivity index (χ2v) is 15.2. The molecule has 7 amide bonds. The molecule has 3 aromatic rings. The molecule has 302 valence electrons. The molecule has 7 atom stereocenters. The van der Waals surface area contributed by atoms with Gasteiger partial charge >= 0.3 is 0 Å². The highest BCUT2D eigenvalue weighted by Crippen LogP contribution is 2.21. The van der Waals surface area contributed by atoms with Crippen molar-refractivity contribution in [3.63, 3.8) is 0 Å². The Morgan fingerprint density at radius 2 is 1.12 bits per heavy atom. The number of nitrogens with one attached hydrogen (secondary N) is 8. The quantitative estimate of drug-likeness (QED) is 0.185. The molecule has 1 fully saturated rings. The van der Waals surface area contributed by atoms with Crippen LogP contribution in [0.5, 0.6) is 0 Å². The molecule has 2 aromatic carbocycles. The van der Waals surface area contributed by atoms with E-state index in [0.717, 1.165) is 22.0 Å². The molecule has 15 nitrogen and oxygen atoms in total. The maximum absolute atomic E-state index is 14.1. The van der Waals surface area contributed by atoms with E-state index in [0.29, 0.717) is 0 Å². The summed E-state index contributed by atoms with van der Waals surface area (Å²) in [5, 5.41) is 20.1. The Kier molecular flexibility index (Phi) is 15.2. The smallest absolute Gasteiger partial charge is 0.243 e. The Morgan fingerprint density at radius 1 is 0.589 bits per heavy atom. The summed E-state index contributed by atoms with van der Waals surface area (Å²) in [4.78, 5) is 98.3. The molecule has 0 bridgehead atoms. The molecule has 1 aromatic heterocycles. The standard InChI is InChI=1S/C41H56N8O7/c1-22(2)33-39(54)45-26(7)36(51)46-31(20-28-21-43-30-17-12-11-16-29(28)30)38(53)42-19-13-18-32(50)44-25(6)37(52)47-34(23(3)4)40(55)49-35(41(56)48-33)24(5)27-14-9-8-10-15-27/h8-12,14-17,21-26,31,33-35,43H,13,18-20H2,1-7H3,(H,42,53)(H,44,50)(H,45,54)(H,46,51)(H,47,52)(H,48,56)(H,49,55)/t24-,25+,26+,31+,33+,34-,35+/m1/s1. The van der Waals surface area contributed by atoms with Gasteiger partial charge in [-0.05, 0) is 49.3 Å². The summed E-state index contributed by atoms with van der Waals surface area (Å²) in [5.41, 5.74) is 2.39. The lowest BCUT2D eigenvalue weighted by molar-refractivity contribution is -0.136. The van der Waals surface area contributed by atoms with Gasteiger partial charge in [0.05, 0.1) is 0 Å². The number of carbonyl (C=O) groups excluding carboxylic acids is 7. The summed E-state index contributed by atoms with van der Waals surface area (Å²) < 4.78 is 0. The molecule has 0 aliphatic carbocycles. The van der Waals surface area contributed by atoms with Gasteiger partial charge in [-0.2, -0.15) is 0 Å². The minimum Gasteiger partial charge on any atom is -0.361 e. The molecule has 8 N–H and O–H groups in total. The summed E-state index contributed by atoms with van der Waals surface area (Å²) in [6.07, 6.45) is 2.13. The van der Waals surface area contributed by atoms with Gasteiger partial charge in [0.1, 0.15) is 36.3 Å². The van der Waals surface area contributed by atoms with Gasteiger partial charge in [0.15, 0.2) is 0 Å². The van der Waals surface area contributed by atoms with E-state index in [1.165, 1.54) is 13.8 Å². The van der Waals surface area contributed by atoms with Crippen LogP contribution in [0, 0.1) is 11.8 Å². The van der Waals surface area contributed by atoms with Gasteiger partial charge in [-0.3, -0.25) is 33.6 Å². The number of rotatable bonds is 6. The van der Waals surface area contributed by atoms with Crippen LogP contribution in [0.15, 0.2) is 60.8 Å². The van der Waals surface area contributed by atoms with Crippen LogP contribution in [0.3, 0.4) is 0 Å². The normalized spacial score (nSPS) is 25.0. The number of aromatic nitrogens is 1. The highest BCUT2D eigenvalue weighted by atomic mass is 16.2. The van der Waals surface area contributed by atoms with Crippen LogP contribution in [-0.4, -0.2) is 89.1 Å². The Labute approximate surface area is 327 Å². The van der Waals surface area contributed by atoms with Crippen molar-refractivity contribution in [3.8, 4) is 0 Å². The number of amides is 7. The van der Waals surface area contributed by atoms with Crippen molar-refractivity contribution in [2.24, 2.45) is 11.8 Å². The van der Waals surface area contributed by atoms with Crippen LogP contribution in [-0.2, 0) is 40.0 Å². The number of benzene rings is 2. The zero-order valence-electron chi connectivity index (χ0n) is 33.2. The Hall–Kier alpha value is -5.73. The maximum Gasteiger partial charge on any atom is 0.243 e. The predicted molar refractivity (Wildman–Crippen MR) is 212 cm³/mol. The van der Waals surface area contributed by atoms with Gasteiger partial charge < -0.3 is 42.2 Å². The van der Waals surface area contributed by atoms with Gasteiger partial charge in [-0.25, -0.2) is 0 Å². The summed E-state index contributed by atoms with van der Waals surface area (Å²) in [6, 6.07) is 10.1. The van der Waals surface area contributed by atoms with E-state index in [2.05, 4.69) is 42.2 Å². The molecule has 0 saturated carbocycles. The van der Waals surface area contributed by atoms with Crippen LogP contribution < -0.4 is 37.2 Å². The number of hydrogen-bond acceptors (Lipinski definition) is 7. The lowest BCUT2D eigenvalue weighted by Gasteiger charge is -2.31. The van der Waals surface area contributed by atoms with Crippen LogP contribution >= 0.6 is 0 Å². The molecular weight excluding hydrogens is 716 g/mol. The highest BCUT2D eigenvalue weighted by Gasteiger charge is 2.36. The van der Waals surface area contributed by atoms with Gasteiger partial charge in [0.2, 0.25) is 41.4 Å². The molecule has 56 heavy (non-hydrogen) atoms. The minimum atomic E-state index is -1.18. The minimum absolute atomic E-state index is 0.0142. The van der Waals surface area contributed by atoms with Gasteiger partial charge in [0, 0.05) is 42.4 Å². The lowest BCUT2D eigenvalue weighted by atomic mass is 9.91. The maximum atomic E-state index is 14.1. The second kappa shape index (κ2) is 19.7. The molecule has 1 aliphatic rings. The van der Waals surface area contributed by atoms with Gasteiger partial charge in [-0.15, -0.1) is 0 Å². The molecule has 0 unspecified atom stereocenters. The first-order chi connectivity index (χ1) is 26.6. The van der Waals surface area contributed by atoms with E-state index in [1.807, 2.05) is 54.6 Å². The number of para-hydroxylation sites is 1. The molecule has 1 saturated heterocycles. The third-order valence-corrected chi connectivity index (χ3v) is 10.0. The third kappa shape index (κ3) is 11.4. The fraction of sp³-hybridized carbons (Fsp3) is 0.488. The molecule has 0 radical (unpaired) electrons. The van der Waals surface area contributed by atoms with Crippen LogP contribution in [0.4, 0.5) is 0 Å². The summed E-state index contributed by atoms with van der Waals surface area (Å²) in [6.45, 7) is 11.8.